The molecule has 0 N–H and O–H groups in total. The van der Waals surface area contributed by atoms with Gasteiger partial charge < -0.3 is 0 Å². The van der Waals surface area contributed by atoms with Gasteiger partial charge in [0.05, 0.1) is 16.1 Å². The number of halogens is 1. The van der Waals surface area contributed by atoms with Crippen molar-refractivity contribution in [2.45, 2.75) is 0 Å². The molecule has 62 valence electrons. The molecule has 2 rings (SSSR count). The molecule has 0 aliphatic carbocycles. The van der Waals surface area contributed by atoms with Gasteiger partial charge in [-0.2, -0.15) is 0 Å². The molecule has 0 aliphatic heterocycles. The summed E-state index contributed by atoms with van der Waals surface area (Å²) in [6, 6.07) is 7.64. The maximum absolute atomic E-state index is 6.06. The minimum absolute atomic E-state index is 0.605. The van der Waals surface area contributed by atoms with Gasteiger partial charge in [0.15, 0.2) is 0 Å². The molecule has 0 fully saturated rings. The van der Waals surface area contributed by atoms with Crippen LogP contribution in [-0.4, -0.2) is 4.98 Å². The van der Waals surface area contributed by atoms with Crippen LogP contribution in [0.1, 0.15) is 5.56 Å². The number of aromatic nitrogens is 1. The van der Waals surface area contributed by atoms with E-state index in [0.717, 1.165) is 10.9 Å². The van der Waals surface area contributed by atoms with Gasteiger partial charge >= 0.3 is 0 Å². The van der Waals surface area contributed by atoms with Gasteiger partial charge in [0, 0.05) is 11.6 Å². The molecule has 0 saturated heterocycles. The molecule has 0 amide bonds. The molecule has 0 aliphatic rings. The Balaban J connectivity index is 2.89. The van der Waals surface area contributed by atoms with Crippen molar-refractivity contribution < 1.29 is 0 Å². The van der Waals surface area contributed by atoms with Crippen molar-refractivity contribution >= 4 is 22.5 Å². The number of benzene rings is 1. The topological polar surface area (TPSA) is 12.9 Å². The number of fused-ring (bicyclic) bond motifs is 1. The zero-order valence-electron chi connectivity index (χ0n) is 6.79. The van der Waals surface area contributed by atoms with Crippen LogP contribution < -0.4 is 0 Å². The maximum Gasteiger partial charge on any atom is 0.0717 e. The molecule has 13 heavy (non-hydrogen) atoms. The van der Waals surface area contributed by atoms with Crippen molar-refractivity contribution in [1.29, 1.82) is 0 Å². The molecular formula is C11H6ClN. The van der Waals surface area contributed by atoms with E-state index in [-0.39, 0.29) is 0 Å². The van der Waals surface area contributed by atoms with Crippen molar-refractivity contribution in [2.24, 2.45) is 0 Å². The molecule has 1 aromatic carbocycles. The number of para-hydroxylation sites is 1. The van der Waals surface area contributed by atoms with E-state index in [1.165, 1.54) is 0 Å². The Labute approximate surface area is 81.4 Å². The molecule has 1 aromatic heterocycles. The van der Waals surface area contributed by atoms with Crippen LogP contribution in [-0.2, 0) is 0 Å². The van der Waals surface area contributed by atoms with Gasteiger partial charge in [-0.05, 0) is 6.07 Å². The number of nitrogens with zero attached hydrogens (tertiary/aromatic N) is 1. The Kier molecular flexibility index (Phi) is 1.92. The van der Waals surface area contributed by atoms with Gasteiger partial charge in [-0.15, -0.1) is 6.42 Å². The van der Waals surface area contributed by atoms with Crippen LogP contribution in [0.25, 0.3) is 10.9 Å². The zero-order chi connectivity index (χ0) is 9.26. The van der Waals surface area contributed by atoms with Crippen molar-refractivity contribution in [2.75, 3.05) is 0 Å². The van der Waals surface area contributed by atoms with Gasteiger partial charge in [-0.3, -0.25) is 4.98 Å². The molecule has 0 spiro atoms. The van der Waals surface area contributed by atoms with E-state index < -0.39 is 0 Å². The molecule has 0 bridgehead atoms. The number of terminal acetylenes is 1. The normalized spacial score (nSPS) is 9.85. The van der Waals surface area contributed by atoms with Crippen LogP contribution in [0.15, 0.2) is 30.5 Å². The van der Waals surface area contributed by atoms with Crippen molar-refractivity contribution in [1.82, 2.24) is 4.98 Å². The predicted molar refractivity (Wildman–Crippen MR) is 54.7 cm³/mol. The van der Waals surface area contributed by atoms with E-state index >= 15 is 0 Å². The fourth-order valence-corrected chi connectivity index (χ4v) is 1.47. The van der Waals surface area contributed by atoms with Crippen molar-refractivity contribution in [3.8, 4) is 12.3 Å². The van der Waals surface area contributed by atoms with Gasteiger partial charge in [0.25, 0.3) is 0 Å². The minimum atomic E-state index is 0.605. The first-order chi connectivity index (χ1) is 6.33. The first kappa shape index (κ1) is 8.10. The summed E-state index contributed by atoms with van der Waals surface area (Å²) in [4.78, 5) is 4.19. The van der Waals surface area contributed by atoms with Crippen LogP contribution >= 0.6 is 11.6 Å². The second kappa shape index (κ2) is 3.08. The lowest BCUT2D eigenvalue weighted by Crippen LogP contribution is -1.83. The van der Waals surface area contributed by atoms with Crippen LogP contribution in [0, 0.1) is 12.3 Å². The first-order valence-electron chi connectivity index (χ1n) is 3.83. The van der Waals surface area contributed by atoms with Crippen molar-refractivity contribution in [3.63, 3.8) is 0 Å². The van der Waals surface area contributed by atoms with E-state index in [0.29, 0.717) is 10.6 Å². The summed E-state index contributed by atoms with van der Waals surface area (Å²) in [6.07, 6.45) is 6.88. The highest BCUT2D eigenvalue weighted by Gasteiger charge is 2.02. The molecule has 0 saturated carbocycles. The van der Waals surface area contributed by atoms with Gasteiger partial charge in [0.2, 0.25) is 0 Å². The Morgan fingerprint density at radius 1 is 1.31 bits per heavy atom. The lowest BCUT2D eigenvalue weighted by molar-refractivity contribution is 1.39. The monoisotopic (exact) mass is 187 g/mol. The molecule has 1 nitrogen and oxygen atoms in total. The zero-order valence-corrected chi connectivity index (χ0v) is 7.55. The third kappa shape index (κ3) is 1.26. The van der Waals surface area contributed by atoms with E-state index in [2.05, 4.69) is 10.9 Å². The second-order valence-electron chi connectivity index (χ2n) is 2.65. The van der Waals surface area contributed by atoms with Crippen LogP contribution in [0.4, 0.5) is 0 Å². The molecule has 0 atom stereocenters. The number of rotatable bonds is 0. The highest BCUT2D eigenvalue weighted by atomic mass is 35.5. The van der Waals surface area contributed by atoms with Crippen LogP contribution in [0.2, 0.25) is 5.02 Å². The average Bonchev–Trinajstić information content (AvgIpc) is 2.19. The summed E-state index contributed by atoms with van der Waals surface area (Å²) in [5, 5.41) is 1.51. The minimum Gasteiger partial charge on any atom is -0.255 e. The second-order valence-corrected chi connectivity index (χ2v) is 3.03. The fraction of sp³-hybridized carbons (Fsp3) is 0. The third-order valence-corrected chi connectivity index (χ3v) is 2.27. The van der Waals surface area contributed by atoms with E-state index in [1.807, 2.05) is 24.3 Å². The molecule has 1 heterocycles. The lowest BCUT2D eigenvalue weighted by atomic mass is 10.2. The van der Waals surface area contributed by atoms with E-state index in [9.17, 15) is 0 Å². The predicted octanol–water partition coefficient (Wildman–Crippen LogP) is 2.87. The maximum atomic E-state index is 6.06. The smallest absolute Gasteiger partial charge is 0.0717 e. The standard InChI is InChI=1S/C11H6ClN/c1-2-8-7-13-10-6-4-3-5-9(10)11(8)12/h1,3-7H. The lowest BCUT2D eigenvalue weighted by Gasteiger charge is -2.00. The highest BCUT2D eigenvalue weighted by molar-refractivity contribution is 6.36. The molecule has 0 radical (unpaired) electrons. The van der Waals surface area contributed by atoms with E-state index in [1.54, 1.807) is 6.20 Å². The number of pyridine rings is 1. The summed E-state index contributed by atoms with van der Waals surface area (Å²) < 4.78 is 0. The molecular weight excluding hydrogens is 182 g/mol. The number of hydrogen-bond donors (Lipinski definition) is 0. The Bertz CT molecular complexity index is 497. The van der Waals surface area contributed by atoms with Crippen LogP contribution in [0.5, 0.6) is 0 Å². The van der Waals surface area contributed by atoms with Crippen LogP contribution in [0.3, 0.4) is 0 Å². The summed E-state index contributed by atoms with van der Waals surface area (Å²) in [5.41, 5.74) is 1.51. The van der Waals surface area contributed by atoms with Crippen molar-refractivity contribution in [3.05, 3.63) is 41.0 Å². The average molecular weight is 188 g/mol. The first-order valence-corrected chi connectivity index (χ1v) is 4.20. The fourth-order valence-electron chi connectivity index (χ4n) is 1.21. The summed E-state index contributed by atoms with van der Waals surface area (Å²) in [6.45, 7) is 0. The number of hydrogen-bond acceptors (Lipinski definition) is 1. The van der Waals surface area contributed by atoms with Gasteiger partial charge in [-0.1, -0.05) is 35.7 Å². The molecule has 2 heteroatoms. The Hall–Kier alpha value is -1.52. The SMILES string of the molecule is C#Cc1cnc2ccccc2c1Cl. The summed E-state index contributed by atoms with van der Waals surface area (Å²) in [5.74, 6) is 2.49. The Morgan fingerprint density at radius 2 is 2.08 bits per heavy atom. The quantitative estimate of drug-likeness (QED) is 0.578. The van der Waals surface area contributed by atoms with Gasteiger partial charge in [-0.25, -0.2) is 0 Å². The largest absolute Gasteiger partial charge is 0.255 e. The highest BCUT2D eigenvalue weighted by Crippen LogP contribution is 2.24. The summed E-state index contributed by atoms with van der Waals surface area (Å²) >= 11 is 6.06. The third-order valence-electron chi connectivity index (χ3n) is 1.87. The Morgan fingerprint density at radius 3 is 2.85 bits per heavy atom. The molecule has 2 aromatic rings. The summed E-state index contributed by atoms with van der Waals surface area (Å²) in [7, 11) is 0. The molecule has 0 unspecified atom stereocenters. The van der Waals surface area contributed by atoms with Gasteiger partial charge in [0.1, 0.15) is 0 Å². The van der Waals surface area contributed by atoms with E-state index in [4.69, 9.17) is 18.0 Å².